The van der Waals surface area contributed by atoms with Crippen molar-refractivity contribution in [2.75, 3.05) is 43.9 Å². The number of piperazine rings is 1. The van der Waals surface area contributed by atoms with Crippen LogP contribution in [0.4, 0.5) is 17.3 Å². The minimum atomic E-state index is -0.165. The summed E-state index contributed by atoms with van der Waals surface area (Å²) in [4.78, 5) is 30.9. The van der Waals surface area contributed by atoms with Crippen molar-refractivity contribution in [2.24, 2.45) is 0 Å². The Balaban J connectivity index is 1.24. The van der Waals surface area contributed by atoms with Crippen LogP contribution in [0.1, 0.15) is 21.5 Å². The molecule has 0 aliphatic carbocycles. The molecule has 2 aromatic carbocycles. The van der Waals surface area contributed by atoms with Crippen molar-refractivity contribution in [2.45, 2.75) is 13.5 Å². The van der Waals surface area contributed by atoms with E-state index in [1.54, 1.807) is 18.6 Å². The van der Waals surface area contributed by atoms with Crippen LogP contribution in [0.15, 0.2) is 79.3 Å². The largest absolute Gasteiger partial charge is 0.324 e. The second-order valence-corrected chi connectivity index (χ2v) is 9.39. The van der Waals surface area contributed by atoms with Gasteiger partial charge in [-0.3, -0.25) is 14.7 Å². The number of pyridine rings is 1. The van der Waals surface area contributed by atoms with Gasteiger partial charge in [0.2, 0.25) is 5.95 Å². The number of aromatic nitrogens is 3. The number of carbonyl (C=O) groups is 1. The lowest BCUT2D eigenvalue weighted by molar-refractivity contribution is 0.102. The summed E-state index contributed by atoms with van der Waals surface area (Å²) in [5.74, 6) is 0.298. The van der Waals surface area contributed by atoms with E-state index < -0.39 is 0 Å². The van der Waals surface area contributed by atoms with E-state index in [4.69, 9.17) is 0 Å². The first-order valence-corrected chi connectivity index (χ1v) is 12.5. The molecule has 0 unspecified atom stereocenters. The smallest absolute Gasteiger partial charge is 0.255 e. The number of rotatable bonds is 7. The van der Waals surface area contributed by atoms with Crippen molar-refractivity contribution in [1.29, 1.82) is 0 Å². The lowest BCUT2D eigenvalue weighted by Crippen LogP contribution is -2.43. The topological polar surface area (TPSA) is 86.3 Å². The molecule has 1 fully saturated rings. The SMILES string of the molecule is Cc1ccc(C(=O)Nc2ccc(CN3CCN(C)CC3)cc2)cc1Nc1nccc(-c2ccncc2)n1. The zero-order valence-electron chi connectivity index (χ0n) is 21.2. The zero-order chi connectivity index (χ0) is 25.6. The maximum absolute atomic E-state index is 13.0. The van der Waals surface area contributed by atoms with Crippen LogP contribution >= 0.6 is 0 Å². The minimum Gasteiger partial charge on any atom is -0.324 e. The van der Waals surface area contributed by atoms with E-state index in [1.807, 2.05) is 55.5 Å². The summed E-state index contributed by atoms with van der Waals surface area (Å²) in [6.45, 7) is 7.28. The van der Waals surface area contributed by atoms with Crippen molar-refractivity contribution < 1.29 is 4.79 Å². The molecule has 0 radical (unpaired) electrons. The second-order valence-electron chi connectivity index (χ2n) is 9.39. The van der Waals surface area contributed by atoms with Crippen molar-refractivity contribution in [3.8, 4) is 11.3 Å². The fourth-order valence-electron chi connectivity index (χ4n) is 4.28. The molecule has 1 amide bonds. The molecular formula is C29H31N7O. The number of anilines is 3. The number of hydrogen-bond donors (Lipinski definition) is 2. The highest BCUT2D eigenvalue weighted by molar-refractivity contribution is 6.05. The van der Waals surface area contributed by atoms with E-state index in [-0.39, 0.29) is 5.91 Å². The Bertz CT molecular complexity index is 1350. The van der Waals surface area contributed by atoms with Crippen LogP contribution in [0.2, 0.25) is 0 Å². The third-order valence-corrected chi connectivity index (χ3v) is 6.59. The summed E-state index contributed by atoms with van der Waals surface area (Å²) in [5, 5.41) is 6.28. The van der Waals surface area contributed by atoms with Crippen molar-refractivity contribution in [3.63, 3.8) is 0 Å². The van der Waals surface area contributed by atoms with Crippen LogP contribution in [0.3, 0.4) is 0 Å². The highest BCUT2D eigenvalue weighted by Crippen LogP contribution is 2.23. The summed E-state index contributed by atoms with van der Waals surface area (Å²) in [6, 6.07) is 19.3. The van der Waals surface area contributed by atoms with Gasteiger partial charge in [0.25, 0.3) is 5.91 Å². The van der Waals surface area contributed by atoms with Gasteiger partial charge in [-0.2, -0.15) is 0 Å². The Morgan fingerprint density at radius 2 is 1.68 bits per heavy atom. The maximum atomic E-state index is 13.0. The predicted molar refractivity (Wildman–Crippen MR) is 147 cm³/mol. The highest BCUT2D eigenvalue weighted by atomic mass is 16.1. The van der Waals surface area contributed by atoms with Crippen molar-refractivity contribution >= 4 is 23.2 Å². The molecule has 0 saturated carbocycles. The van der Waals surface area contributed by atoms with E-state index in [0.717, 1.165) is 60.9 Å². The quantitative estimate of drug-likeness (QED) is 0.389. The van der Waals surface area contributed by atoms with E-state index in [9.17, 15) is 4.79 Å². The lowest BCUT2D eigenvalue weighted by Gasteiger charge is -2.32. The Morgan fingerprint density at radius 1 is 0.919 bits per heavy atom. The Kier molecular flexibility index (Phi) is 7.49. The van der Waals surface area contributed by atoms with E-state index in [0.29, 0.717) is 11.5 Å². The van der Waals surface area contributed by atoms with Crippen LogP contribution < -0.4 is 10.6 Å². The number of nitrogens with zero attached hydrogens (tertiary/aromatic N) is 5. The first-order valence-electron chi connectivity index (χ1n) is 12.5. The molecule has 4 aromatic rings. The third-order valence-electron chi connectivity index (χ3n) is 6.59. The van der Waals surface area contributed by atoms with Crippen LogP contribution in [0.25, 0.3) is 11.3 Å². The molecule has 2 N–H and O–H groups in total. The molecule has 0 spiro atoms. The third kappa shape index (κ3) is 6.35. The Labute approximate surface area is 217 Å². The van der Waals surface area contributed by atoms with Crippen LogP contribution in [-0.2, 0) is 6.54 Å². The molecule has 1 aliphatic rings. The number of benzene rings is 2. The predicted octanol–water partition coefficient (Wildman–Crippen LogP) is 4.59. The van der Waals surface area contributed by atoms with Crippen LogP contribution in [0, 0.1) is 6.92 Å². The number of likely N-dealkylation sites (N-methyl/N-ethyl adjacent to an activating group) is 1. The molecule has 1 aliphatic heterocycles. The van der Waals surface area contributed by atoms with Gasteiger partial charge in [0.1, 0.15) is 0 Å². The molecule has 3 heterocycles. The average Bonchev–Trinajstić information content (AvgIpc) is 2.93. The fraction of sp³-hybridized carbons (Fsp3) is 0.241. The standard InChI is InChI=1S/C29H31N7O/c1-21-3-6-24(19-27(21)34-29-31-14-11-26(33-29)23-9-12-30-13-10-23)28(37)32-25-7-4-22(5-8-25)20-36-17-15-35(2)16-18-36/h3-14,19H,15-18,20H2,1-2H3,(H,32,37)(H,31,33,34). The zero-order valence-corrected chi connectivity index (χ0v) is 21.2. The molecule has 188 valence electrons. The van der Waals surface area contributed by atoms with Gasteiger partial charge in [-0.1, -0.05) is 18.2 Å². The van der Waals surface area contributed by atoms with Gasteiger partial charge < -0.3 is 15.5 Å². The Hall–Kier alpha value is -4.14. The number of nitrogens with one attached hydrogen (secondary N) is 2. The van der Waals surface area contributed by atoms with E-state index in [2.05, 4.69) is 54.6 Å². The molecule has 37 heavy (non-hydrogen) atoms. The first-order chi connectivity index (χ1) is 18.0. The van der Waals surface area contributed by atoms with Crippen LogP contribution in [0.5, 0.6) is 0 Å². The number of amides is 1. The van der Waals surface area contributed by atoms with E-state index in [1.165, 1.54) is 5.56 Å². The summed E-state index contributed by atoms with van der Waals surface area (Å²) < 4.78 is 0. The van der Waals surface area contributed by atoms with Crippen LogP contribution in [-0.4, -0.2) is 63.9 Å². The molecule has 0 bridgehead atoms. The van der Waals surface area contributed by atoms with Crippen molar-refractivity contribution in [1.82, 2.24) is 24.8 Å². The monoisotopic (exact) mass is 493 g/mol. The number of carbonyl (C=O) groups excluding carboxylic acids is 1. The normalized spacial score (nSPS) is 14.3. The number of hydrogen-bond acceptors (Lipinski definition) is 7. The molecule has 1 saturated heterocycles. The van der Waals surface area contributed by atoms with Gasteiger partial charge in [0.15, 0.2) is 0 Å². The lowest BCUT2D eigenvalue weighted by atomic mass is 10.1. The van der Waals surface area contributed by atoms with Gasteiger partial charge in [-0.05, 0) is 67.6 Å². The van der Waals surface area contributed by atoms with Gasteiger partial charge in [0.05, 0.1) is 5.69 Å². The molecule has 8 heteroatoms. The average molecular weight is 494 g/mol. The fourth-order valence-corrected chi connectivity index (χ4v) is 4.28. The highest BCUT2D eigenvalue weighted by Gasteiger charge is 2.14. The summed E-state index contributed by atoms with van der Waals surface area (Å²) >= 11 is 0. The van der Waals surface area contributed by atoms with Gasteiger partial charge >= 0.3 is 0 Å². The maximum Gasteiger partial charge on any atom is 0.255 e. The van der Waals surface area contributed by atoms with Gasteiger partial charge in [0, 0.05) is 73.8 Å². The second kappa shape index (κ2) is 11.3. The first kappa shape index (κ1) is 24.5. The summed E-state index contributed by atoms with van der Waals surface area (Å²) in [7, 11) is 2.16. The molecule has 0 atom stereocenters. The molecule has 2 aromatic heterocycles. The van der Waals surface area contributed by atoms with E-state index >= 15 is 0 Å². The summed E-state index contributed by atoms with van der Waals surface area (Å²) in [5.41, 5.74) is 6.10. The number of aryl methyl sites for hydroxylation is 1. The molecule has 5 rings (SSSR count). The Morgan fingerprint density at radius 3 is 2.43 bits per heavy atom. The molecule has 8 nitrogen and oxygen atoms in total. The minimum absolute atomic E-state index is 0.165. The van der Waals surface area contributed by atoms with Crippen molar-refractivity contribution in [3.05, 3.63) is 95.9 Å². The van der Waals surface area contributed by atoms with Gasteiger partial charge in [-0.15, -0.1) is 0 Å². The summed E-state index contributed by atoms with van der Waals surface area (Å²) in [6.07, 6.45) is 5.18. The van der Waals surface area contributed by atoms with Gasteiger partial charge in [-0.25, -0.2) is 9.97 Å². The molecular weight excluding hydrogens is 462 g/mol.